The highest BCUT2D eigenvalue weighted by Gasteiger charge is 2.18. The number of hydrogen-bond donors (Lipinski definition) is 2. The number of rotatable bonds is 5. The Hall–Kier alpha value is -3.08. The van der Waals surface area contributed by atoms with E-state index < -0.39 is 0 Å². The molecule has 0 unspecified atom stereocenters. The van der Waals surface area contributed by atoms with E-state index in [1.54, 1.807) is 14.2 Å². The molecule has 0 heterocycles. The fourth-order valence-corrected chi connectivity index (χ4v) is 3.83. The molecule has 4 N–H and O–H groups in total. The number of fused-ring (bicyclic) bond motifs is 2. The normalized spacial score (nSPS) is 11.1. The van der Waals surface area contributed by atoms with Gasteiger partial charge in [-0.15, -0.1) is 0 Å². The molecule has 4 rings (SSSR count). The van der Waals surface area contributed by atoms with Crippen LogP contribution in [0.15, 0.2) is 60.7 Å². The van der Waals surface area contributed by atoms with Gasteiger partial charge in [0.05, 0.1) is 14.2 Å². The Morgan fingerprint density at radius 2 is 1.04 bits per heavy atom. The first-order valence-electron chi connectivity index (χ1n) is 9.30. The van der Waals surface area contributed by atoms with Crippen molar-refractivity contribution in [3.05, 3.63) is 71.8 Å². The average Bonchev–Trinajstić information content (AvgIpc) is 2.76. The molecule has 4 nitrogen and oxygen atoms in total. The predicted molar refractivity (Wildman–Crippen MR) is 116 cm³/mol. The van der Waals surface area contributed by atoms with Gasteiger partial charge in [-0.2, -0.15) is 0 Å². The molecule has 28 heavy (non-hydrogen) atoms. The zero-order valence-corrected chi connectivity index (χ0v) is 16.2. The molecular weight excluding hydrogens is 348 g/mol. The maximum absolute atomic E-state index is 5.84. The third kappa shape index (κ3) is 2.97. The molecule has 4 aromatic rings. The van der Waals surface area contributed by atoms with Crippen LogP contribution in [0.1, 0.15) is 11.1 Å². The first-order valence-corrected chi connectivity index (χ1v) is 9.30. The molecule has 0 aliphatic rings. The summed E-state index contributed by atoms with van der Waals surface area (Å²) < 4.78 is 11.5. The van der Waals surface area contributed by atoms with E-state index in [0.717, 1.165) is 55.3 Å². The fraction of sp³-hybridized carbons (Fsp3) is 0.167. The number of ether oxygens (including phenoxy) is 2. The summed E-state index contributed by atoms with van der Waals surface area (Å²) in [7, 11) is 3.39. The van der Waals surface area contributed by atoms with Crippen molar-refractivity contribution in [2.45, 2.75) is 13.1 Å². The molecule has 0 spiro atoms. The molecule has 0 saturated carbocycles. The van der Waals surface area contributed by atoms with Gasteiger partial charge in [0.1, 0.15) is 11.5 Å². The van der Waals surface area contributed by atoms with Crippen molar-refractivity contribution in [3.8, 4) is 22.6 Å². The van der Waals surface area contributed by atoms with Crippen molar-refractivity contribution in [1.82, 2.24) is 0 Å². The number of benzene rings is 4. The van der Waals surface area contributed by atoms with Gasteiger partial charge >= 0.3 is 0 Å². The molecule has 0 fully saturated rings. The van der Waals surface area contributed by atoms with E-state index in [1.165, 1.54) is 0 Å². The van der Waals surface area contributed by atoms with Crippen LogP contribution < -0.4 is 20.9 Å². The summed E-state index contributed by atoms with van der Waals surface area (Å²) in [5.74, 6) is 1.61. The molecule has 0 aromatic heterocycles. The van der Waals surface area contributed by atoms with Crippen molar-refractivity contribution in [3.63, 3.8) is 0 Å². The van der Waals surface area contributed by atoms with E-state index in [2.05, 4.69) is 48.5 Å². The smallest absolute Gasteiger partial charge is 0.127 e. The van der Waals surface area contributed by atoms with Crippen LogP contribution in [0.5, 0.6) is 11.5 Å². The van der Waals surface area contributed by atoms with Crippen molar-refractivity contribution in [2.75, 3.05) is 14.2 Å². The second-order valence-electron chi connectivity index (χ2n) is 6.80. The molecule has 0 radical (unpaired) electrons. The summed E-state index contributed by atoms with van der Waals surface area (Å²) in [5.41, 5.74) is 15.9. The van der Waals surface area contributed by atoms with Crippen LogP contribution >= 0.6 is 0 Å². The molecule has 0 saturated heterocycles. The summed E-state index contributed by atoms with van der Waals surface area (Å²) in [4.78, 5) is 0. The Balaban J connectivity index is 2.13. The molecule has 0 atom stereocenters. The zero-order chi connectivity index (χ0) is 19.7. The molecule has 142 valence electrons. The van der Waals surface area contributed by atoms with E-state index in [0.29, 0.717) is 13.1 Å². The van der Waals surface area contributed by atoms with Gasteiger partial charge in [0.15, 0.2) is 0 Å². The van der Waals surface area contributed by atoms with Gasteiger partial charge in [-0.05, 0) is 56.9 Å². The lowest BCUT2D eigenvalue weighted by Gasteiger charge is -2.18. The molecule has 0 aliphatic heterocycles. The zero-order valence-electron chi connectivity index (χ0n) is 16.2. The first kappa shape index (κ1) is 18.3. The van der Waals surface area contributed by atoms with Crippen molar-refractivity contribution in [2.24, 2.45) is 11.5 Å². The average molecular weight is 372 g/mol. The Bertz CT molecular complexity index is 1080. The standard InChI is InChI=1S/C24H24N2O2/c1-27-21-9-5-17-11-15(13-25)3-7-19(17)23(21)24-20-8-4-16(14-26)12-18(20)6-10-22(24)28-2/h3-12H,13-14,25-26H2,1-2H3. The van der Waals surface area contributed by atoms with Gasteiger partial charge in [0, 0.05) is 24.2 Å². The highest BCUT2D eigenvalue weighted by Crippen LogP contribution is 2.45. The van der Waals surface area contributed by atoms with Gasteiger partial charge in [-0.25, -0.2) is 0 Å². The lowest BCUT2D eigenvalue weighted by atomic mass is 9.91. The summed E-state index contributed by atoms with van der Waals surface area (Å²) in [5, 5.41) is 4.45. The number of methoxy groups -OCH3 is 2. The highest BCUT2D eigenvalue weighted by molar-refractivity contribution is 6.10. The van der Waals surface area contributed by atoms with Crippen LogP contribution in [0.25, 0.3) is 32.7 Å². The SMILES string of the molecule is COc1ccc2cc(CN)ccc2c1-c1c(OC)ccc2cc(CN)ccc12. The lowest BCUT2D eigenvalue weighted by Crippen LogP contribution is -1.98. The molecule has 0 amide bonds. The summed E-state index contributed by atoms with van der Waals surface area (Å²) >= 11 is 0. The molecule has 4 heteroatoms. The van der Waals surface area contributed by atoms with Crippen LogP contribution in [0.3, 0.4) is 0 Å². The highest BCUT2D eigenvalue weighted by atomic mass is 16.5. The van der Waals surface area contributed by atoms with E-state index >= 15 is 0 Å². The number of hydrogen-bond acceptors (Lipinski definition) is 4. The fourth-order valence-electron chi connectivity index (χ4n) is 3.83. The third-order valence-electron chi connectivity index (χ3n) is 5.25. The van der Waals surface area contributed by atoms with Gasteiger partial charge in [0.2, 0.25) is 0 Å². The third-order valence-corrected chi connectivity index (χ3v) is 5.25. The Morgan fingerprint density at radius 1 is 0.607 bits per heavy atom. The van der Waals surface area contributed by atoms with Gasteiger partial charge in [-0.3, -0.25) is 0 Å². The van der Waals surface area contributed by atoms with Gasteiger partial charge in [0.25, 0.3) is 0 Å². The van der Waals surface area contributed by atoms with E-state index in [4.69, 9.17) is 20.9 Å². The quantitative estimate of drug-likeness (QED) is 0.537. The van der Waals surface area contributed by atoms with Gasteiger partial charge in [-0.1, -0.05) is 36.4 Å². The Labute approximate surface area is 164 Å². The minimum Gasteiger partial charge on any atom is -0.496 e. The lowest BCUT2D eigenvalue weighted by molar-refractivity contribution is 0.411. The van der Waals surface area contributed by atoms with Gasteiger partial charge < -0.3 is 20.9 Å². The molecule has 0 bridgehead atoms. The van der Waals surface area contributed by atoms with Crippen molar-refractivity contribution >= 4 is 21.5 Å². The second-order valence-corrected chi connectivity index (χ2v) is 6.80. The van der Waals surface area contributed by atoms with E-state index in [-0.39, 0.29) is 0 Å². The first-order chi connectivity index (χ1) is 13.7. The Morgan fingerprint density at radius 3 is 1.39 bits per heavy atom. The molecule has 0 aliphatic carbocycles. The maximum atomic E-state index is 5.84. The molecule has 4 aromatic carbocycles. The Kier molecular flexibility index (Phi) is 4.90. The minimum atomic E-state index is 0.511. The van der Waals surface area contributed by atoms with Crippen molar-refractivity contribution < 1.29 is 9.47 Å². The molecular formula is C24H24N2O2. The largest absolute Gasteiger partial charge is 0.496 e. The van der Waals surface area contributed by atoms with Crippen LogP contribution in [0, 0.1) is 0 Å². The summed E-state index contributed by atoms with van der Waals surface area (Å²) in [6, 6.07) is 20.8. The number of nitrogens with two attached hydrogens (primary N) is 2. The maximum Gasteiger partial charge on any atom is 0.127 e. The van der Waals surface area contributed by atoms with Crippen molar-refractivity contribution in [1.29, 1.82) is 0 Å². The van der Waals surface area contributed by atoms with E-state index in [1.807, 2.05) is 12.1 Å². The van der Waals surface area contributed by atoms with E-state index in [9.17, 15) is 0 Å². The summed E-state index contributed by atoms with van der Waals surface area (Å²) in [6.07, 6.45) is 0. The topological polar surface area (TPSA) is 70.5 Å². The minimum absolute atomic E-state index is 0.511. The van der Waals surface area contributed by atoms with Crippen LogP contribution in [0.4, 0.5) is 0 Å². The van der Waals surface area contributed by atoms with Crippen LogP contribution in [-0.2, 0) is 13.1 Å². The predicted octanol–water partition coefficient (Wildman–Crippen LogP) is 4.59. The monoisotopic (exact) mass is 372 g/mol. The summed E-state index contributed by atoms with van der Waals surface area (Å²) in [6.45, 7) is 1.02. The van der Waals surface area contributed by atoms with Crippen LogP contribution in [0.2, 0.25) is 0 Å². The second kappa shape index (κ2) is 7.50. The van der Waals surface area contributed by atoms with Crippen LogP contribution in [-0.4, -0.2) is 14.2 Å².